The number of benzene rings is 1. The van der Waals surface area contributed by atoms with E-state index in [2.05, 4.69) is 0 Å². The molecule has 1 aromatic rings. The van der Waals surface area contributed by atoms with Gasteiger partial charge < -0.3 is 9.84 Å². The summed E-state index contributed by atoms with van der Waals surface area (Å²) in [6, 6.07) is 5.62. The van der Waals surface area contributed by atoms with E-state index in [4.69, 9.17) is 33.0 Å². The van der Waals surface area contributed by atoms with Crippen LogP contribution in [0.15, 0.2) is 18.2 Å². The van der Waals surface area contributed by atoms with Gasteiger partial charge in [-0.15, -0.1) is 0 Å². The first-order valence-electron chi connectivity index (χ1n) is 8.22. The van der Waals surface area contributed by atoms with Crippen LogP contribution in [0.4, 0.5) is 0 Å². The number of halogens is 2. The Bertz CT molecular complexity index is 592. The SMILES string of the molecule is O=C(O)CCCC12CCC(OCc3ccc(Cl)c(Cl)c3)(CC1)C2. The van der Waals surface area contributed by atoms with Crippen molar-refractivity contribution in [2.75, 3.05) is 0 Å². The molecule has 2 aliphatic carbocycles. The molecule has 1 N–H and O–H groups in total. The van der Waals surface area contributed by atoms with E-state index < -0.39 is 5.97 Å². The van der Waals surface area contributed by atoms with E-state index in [0.717, 1.165) is 50.5 Å². The largest absolute Gasteiger partial charge is 0.481 e. The maximum absolute atomic E-state index is 10.7. The second kappa shape index (κ2) is 6.62. The number of carboxylic acid groups (broad SMARTS) is 1. The fourth-order valence-corrected chi connectivity index (χ4v) is 4.61. The normalized spacial score (nSPS) is 29.1. The Hall–Kier alpha value is -0.770. The number of carbonyl (C=O) groups is 1. The summed E-state index contributed by atoms with van der Waals surface area (Å²) >= 11 is 12.0. The van der Waals surface area contributed by atoms with Crippen LogP contribution >= 0.6 is 23.2 Å². The van der Waals surface area contributed by atoms with E-state index >= 15 is 0 Å². The summed E-state index contributed by atoms with van der Waals surface area (Å²) in [5, 5.41) is 9.94. The zero-order chi connectivity index (χ0) is 16.5. The standard InChI is InChI=1S/C18H22Cl2O3/c19-14-4-3-13(10-15(14)20)11-23-18-8-6-17(12-18,7-9-18)5-1-2-16(21)22/h3-4,10H,1-2,5-9,11-12H2,(H,21,22). The monoisotopic (exact) mass is 356 g/mol. The average molecular weight is 357 g/mol. The summed E-state index contributed by atoms with van der Waals surface area (Å²) < 4.78 is 6.30. The van der Waals surface area contributed by atoms with Crippen LogP contribution in [-0.4, -0.2) is 16.7 Å². The van der Waals surface area contributed by atoms with Crippen molar-refractivity contribution in [3.63, 3.8) is 0 Å². The van der Waals surface area contributed by atoms with E-state index in [-0.39, 0.29) is 12.0 Å². The molecule has 0 atom stereocenters. The van der Waals surface area contributed by atoms with Gasteiger partial charge in [-0.2, -0.15) is 0 Å². The predicted molar refractivity (Wildman–Crippen MR) is 91.0 cm³/mol. The van der Waals surface area contributed by atoms with Gasteiger partial charge in [0.15, 0.2) is 0 Å². The van der Waals surface area contributed by atoms with Crippen molar-refractivity contribution >= 4 is 29.2 Å². The van der Waals surface area contributed by atoms with Gasteiger partial charge in [0.1, 0.15) is 0 Å². The lowest BCUT2D eigenvalue weighted by Crippen LogP contribution is -2.26. The molecule has 2 saturated carbocycles. The minimum absolute atomic E-state index is 0.0185. The minimum Gasteiger partial charge on any atom is -0.481 e. The van der Waals surface area contributed by atoms with Crippen LogP contribution in [0.1, 0.15) is 56.9 Å². The highest BCUT2D eigenvalue weighted by Crippen LogP contribution is 2.60. The number of hydrogen-bond donors (Lipinski definition) is 1. The molecular weight excluding hydrogens is 335 g/mol. The van der Waals surface area contributed by atoms with Crippen LogP contribution in [0.5, 0.6) is 0 Å². The van der Waals surface area contributed by atoms with Crippen molar-refractivity contribution in [1.82, 2.24) is 0 Å². The number of aliphatic carboxylic acids is 1. The van der Waals surface area contributed by atoms with Gasteiger partial charge >= 0.3 is 5.97 Å². The van der Waals surface area contributed by atoms with E-state index in [1.54, 1.807) is 6.07 Å². The average Bonchev–Trinajstić information content (AvgIpc) is 3.05. The zero-order valence-corrected chi connectivity index (χ0v) is 14.6. The molecule has 126 valence electrons. The molecule has 0 unspecified atom stereocenters. The van der Waals surface area contributed by atoms with Crippen molar-refractivity contribution < 1.29 is 14.6 Å². The van der Waals surface area contributed by atoms with Crippen LogP contribution in [0.3, 0.4) is 0 Å². The maximum atomic E-state index is 10.7. The van der Waals surface area contributed by atoms with Crippen LogP contribution < -0.4 is 0 Å². The minimum atomic E-state index is -0.695. The first-order valence-corrected chi connectivity index (χ1v) is 8.97. The number of fused-ring (bicyclic) bond motifs is 2. The van der Waals surface area contributed by atoms with Gasteiger partial charge in [-0.25, -0.2) is 0 Å². The van der Waals surface area contributed by atoms with Gasteiger partial charge in [0.2, 0.25) is 0 Å². The Morgan fingerprint density at radius 3 is 2.57 bits per heavy atom. The van der Waals surface area contributed by atoms with Gasteiger partial charge in [0, 0.05) is 6.42 Å². The fourth-order valence-electron chi connectivity index (χ4n) is 4.29. The summed E-state index contributed by atoms with van der Waals surface area (Å²) in [7, 11) is 0. The van der Waals surface area contributed by atoms with Crippen molar-refractivity contribution in [3.05, 3.63) is 33.8 Å². The highest BCUT2D eigenvalue weighted by molar-refractivity contribution is 6.42. The second-order valence-corrected chi connectivity index (χ2v) is 7.96. The molecule has 0 amide bonds. The Morgan fingerprint density at radius 1 is 1.17 bits per heavy atom. The fraction of sp³-hybridized carbons (Fsp3) is 0.611. The first-order chi connectivity index (χ1) is 10.9. The molecule has 0 aliphatic heterocycles. The Labute approximate surface area is 146 Å². The van der Waals surface area contributed by atoms with Crippen LogP contribution in [0, 0.1) is 5.41 Å². The first kappa shape index (κ1) is 17.1. The molecule has 3 rings (SSSR count). The van der Waals surface area contributed by atoms with Crippen molar-refractivity contribution in [2.24, 2.45) is 5.41 Å². The molecule has 2 aliphatic rings. The third kappa shape index (κ3) is 3.84. The number of rotatable bonds is 7. The molecule has 0 radical (unpaired) electrons. The molecular formula is C18H22Cl2O3. The van der Waals surface area contributed by atoms with Crippen LogP contribution in [0.25, 0.3) is 0 Å². The summed E-state index contributed by atoms with van der Waals surface area (Å²) in [5.41, 5.74) is 1.34. The molecule has 0 heterocycles. The molecule has 1 aromatic carbocycles. The number of hydrogen-bond acceptors (Lipinski definition) is 2. The summed E-state index contributed by atoms with van der Waals surface area (Å²) in [6.45, 7) is 0.558. The van der Waals surface area contributed by atoms with Gasteiger partial charge in [0.25, 0.3) is 0 Å². The Morgan fingerprint density at radius 2 is 1.91 bits per heavy atom. The summed E-state index contributed by atoms with van der Waals surface area (Å²) in [4.78, 5) is 10.7. The molecule has 3 nitrogen and oxygen atoms in total. The lowest BCUT2D eigenvalue weighted by molar-refractivity contribution is -0.137. The Balaban J connectivity index is 1.55. The lowest BCUT2D eigenvalue weighted by atomic mass is 9.80. The molecule has 0 aromatic heterocycles. The molecule has 2 bridgehead atoms. The van der Waals surface area contributed by atoms with Gasteiger partial charge in [-0.3, -0.25) is 4.79 Å². The molecule has 5 heteroatoms. The highest BCUT2D eigenvalue weighted by atomic mass is 35.5. The van der Waals surface area contributed by atoms with Crippen LogP contribution in [-0.2, 0) is 16.1 Å². The van der Waals surface area contributed by atoms with E-state index in [1.165, 1.54) is 0 Å². The topological polar surface area (TPSA) is 46.5 Å². The number of ether oxygens (including phenoxy) is 1. The zero-order valence-electron chi connectivity index (χ0n) is 13.1. The third-order valence-corrected chi connectivity index (χ3v) is 6.28. The lowest BCUT2D eigenvalue weighted by Gasteiger charge is -2.28. The quantitative estimate of drug-likeness (QED) is 0.704. The second-order valence-electron chi connectivity index (χ2n) is 7.14. The summed E-state index contributed by atoms with van der Waals surface area (Å²) in [5.74, 6) is -0.695. The smallest absolute Gasteiger partial charge is 0.303 e. The maximum Gasteiger partial charge on any atom is 0.303 e. The summed E-state index contributed by atoms with van der Waals surface area (Å²) in [6.07, 6.45) is 7.62. The van der Waals surface area contributed by atoms with Crippen molar-refractivity contribution in [1.29, 1.82) is 0 Å². The van der Waals surface area contributed by atoms with Crippen molar-refractivity contribution in [2.45, 2.75) is 63.6 Å². The van der Waals surface area contributed by atoms with Crippen molar-refractivity contribution in [3.8, 4) is 0 Å². The van der Waals surface area contributed by atoms with Gasteiger partial charge in [-0.1, -0.05) is 29.3 Å². The third-order valence-electron chi connectivity index (χ3n) is 5.55. The number of carboxylic acids is 1. The van der Waals surface area contributed by atoms with E-state index in [1.807, 2.05) is 12.1 Å². The van der Waals surface area contributed by atoms with Gasteiger partial charge in [-0.05, 0) is 68.1 Å². The molecule has 0 saturated heterocycles. The van der Waals surface area contributed by atoms with Crippen LogP contribution in [0.2, 0.25) is 10.0 Å². The van der Waals surface area contributed by atoms with E-state index in [9.17, 15) is 4.79 Å². The van der Waals surface area contributed by atoms with Gasteiger partial charge in [0.05, 0.1) is 22.3 Å². The van der Waals surface area contributed by atoms with E-state index in [0.29, 0.717) is 22.1 Å². The Kier molecular flexibility index (Phi) is 4.91. The molecule has 0 spiro atoms. The molecule has 2 fully saturated rings. The highest BCUT2D eigenvalue weighted by Gasteiger charge is 2.54. The predicted octanol–water partition coefficient (Wildman–Crippen LogP) is 5.47. The molecule has 23 heavy (non-hydrogen) atoms.